The Morgan fingerprint density at radius 1 is 1.29 bits per heavy atom. The first-order chi connectivity index (χ1) is 11.5. The van der Waals surface area contributed by atoms with Crippen molar-refractivity contribution in [1.29, 1.82) is 0 Å². The van der Waals surface area contributed by atoms with Gasteiger partial charge >= 0.3 is 0 Å². The lowest BCUT2D eigenvalue weighted by atomic mass is 10.1. The highest BCUT2D eigenvalue weighted by molar-refractivity contribution is 6.04. The second kappa shape index (κ2) is 6.57. The molecule has 0 saturated carbocycles. The molecule has 124 valence electrons. The molecule has 24 heavy (non-hydrogen) atoms. The minimum atomic E-state index is -0.337. The van der Waals surface area contributed by atoms with Crippen LogP contribution in [0.4, 0.5) is 5.69 Å². The Labute approximate surface area is 138 Å². The molecule has 2 aromatic rings. The van der Waals surface area contributed by atoms with Crippen molar-refractivity contribution in [3.8, 4) is 5.75 Å². The average Bonchev–Trinajstić information content (AvgIpc) is 3.08. The number of Topliss-reactive ketones (excluding diaryl/α,β-unsaturated/α-hetero) is 1. The summed E-state index contributed by atoms with van der Waals surface area (Å²) in [5, 5.41) is 2.69. The molecule has 3 rings (SSSR count). The van der Waals surface area contributed by atoms with E-state index in [4.69, 9.17) is 9.15 Å². The Kier molecular flexibility index (Phi) is 4.33. The number of nitrogens with zero attached hydrogens (tertiary/aromatic N) is 1. The van der Waals surface area contributed by atoms with Gasteiger partial charge in [-0.25, -0.2) is 0 Å². The molecule has 2 heterocycles. The second-order valence-corrected chi connectivity index (χ2v) is 5.36. The van der Waals surface area contributed by atoms with E-state index in [2.05, 4.69) is 5.32 Å². The van der Waals surface area contributed by atoms with Crippen LogP contribution in [0.15, 0.2) is 41.0 Å². The highest BCUT2D eigenvalue weighted by Crippen LogP contribution is 2.32. The molecule has 0 fully saturated rings. The van der Waals surface area contributed by atoms with Gasteiger partial charge in [0.1, 0.15) is 18.1 Å². The van der Waals surface area contributed by atoms with E-state index in [0.29, 0.717) is 22.8 Å². The molecule has 0 atom stereocenters. The summed E-state index contributed by atoms with van der Waals surface area (Å²) in [6.45, 7) is 1.38. The Morgan fingerprint density at radius 2 is 2.12 bits per heavy atom. The standard InChI is InChI=1S/C17H16N2O5/c1-11(20)12-4-5-15-14(7-12)19(17(22)10-24-15)9-16(21)18-8-13-3-2-6-23-13/h2-7H,8-10H2,1H3,(H,18,21). The van der Waals surface area contributed by atoms with Crippen molar-refractivity contribution in [2.45, 2.75) is 13.5 Å². The molecular weight excluding hydrogens is 312 g/mol. The van der Waals surface area contributed by atoms with Crippen molar-refractivity contribution in [3.05, 3.63) is 47.9 Å². The summed E-state index contributed by atoms with van der Waals surface area (Å²) < 4.78 is 10.5. The normalized spacial score (nSPS) is 13.2. The van der Waals surface area contributed by atoms with E-state index >= 15 is 0 Å². The van der Waals surface area contributed by atoms with Gasteiger partial charge in [-0.15, -0.1) is 0 Å². The minimum absolute atomic E-state index is 0.127. The van der Waals surface area contributed by atoms with Crippen molar-refractivity contribution in [2.75, 3.05) is 18.1 Å². The number of amides is 2. The lowest BCUT2D eigenvalue weighted by molar-refractivity contribution is -0.125. The Hall–Kier alpha value is -3.09. The van der Waals surface area contributed by atoms with Gasteiger partial charge in [-0.1, -0.05) is 0 Å². The average molecular weight is 328 g/mol. The molecule has 1 N–H and O–H groups in total. The van der Waals surface area contributed by atoms with Crippen molar-refractivity contribution < 1.29 is 23.5 Å². The fourth-order valence-corrected chi connectivity index (χ4v) is 2.39. The van der Waals surface area contributed by atoms with Crippen LogP contribution < -0.4 is 15.0 Å². The summed E-state index contributed by atoms with van der Waals surface area (Å²) in [5.41, 5.74) is 0.875. The van der Waals surface area contributed by atoms with E-state index < -0.39 is 0 Å². The number of carbonyl (C=O) groups is 3. The van der Waals surface area contributed by atoms with E-state index in [9.17, 15) is 14.4 Å². The fourth-order valence-electron chi connectivity index (χ4n) is 2.39. The topological polar surface area (TPSA) is 88.9 Å². The quantitative estimate of drug-likeness (QED) is 0.841. The summed E-state index contributed by atoms with van der Waals surface area (Å²) >= 11 is 0. The molecule has 0 unspecified atom stereocenters. The first kappa shape index (κ1) is 15.8. The summed E-state index contributed by atoms with van der Waals surface area (Å²) in [7, 11) is 0. The number of anilines is 1. The summed E-state index contributed by atoms with van der Waals surface area (Å²) in [5.74, 6) is 0.296. The molecule has 1 aliphatic rings. The van der Waals surface area contributed by atoms with E-state index in [1.807, 2.05) is 0 Å². The Bertz CT molecular complexity index is 782. The number of rotatable bonds is 5. The number of ether oxygens (including phenoxy) is 1. The van der Waals surface area contributed by atoms with Crippen molar-refractivity contribution in [2.24, 2.45) is 0 Å². The van der Waals surface area contributed by atoms with Gasteiger partial charge in [-0.05, 0) is 37.3 Å². The van der Waals surface area contributed by atoms with Crippen LogP contribution in [0.2, 0.25) is 0 Å². The highest BCUT2D eigenvalue weighted by Gasteiger charge is 2.28. The zero-order chi connectivity index (χ0) is 17.1. The maximum atomic E-state index is 12.1. The molecule has 0 radical (unpaired) electrons. The monoisotopic (exact) mass is 328 g/mol. The third kappa shape index (κ3) is 3.29. The van der Waals surface area contributed by atoms with Crippen LogP contribution in [-0.4, -0.2) is 30.7 Å². The van der Waals surface area contributed by atoms with E-state index in [1.54, 1.807) is 30.3 Å². The van der Waals surface area contributed by atoms with Crippen molar-refractivity contribution >= 4 is 23.3 Å². The van der Waals surface area contributed by atoms with Crippen LogP contribution in [-0.2, 0) is 16.1 Å². The molecule has 7 nitrogen and oxygen atoms in total. The van der Waals surface area contributed by atoms with Gasteiger partial charge in [-0.3, -0.25) is 19.3 Å². The maximum absolute atomic E-state index is 12.1. The van der Waals surface area contributed by atoms with E-state index in [-0.39, 0.29) is 37.3 Å². The summed E-state index contributed by atoms with van der Waals surface area (Å²) in [6, 6.07) is 8.30. The first-order valence-corrected chi connectivity index (χ1v) is 7.42. The molecule has 0 aliphatic carbocycles. The number of furan rings is 1. The van der Waals surface area contributed by atoms with Gasteiger partial charge in [0, 0.05) is 5.56 Å². The molecule has 1 aromatic carbocycles. The smallest absolute Gasteiger partial charge is 0.265 e. The van der Waals surface area contributed by atoms with Crippen LogP contribution in [0.1, 0.15) is 23.0 Å². The maximum Gasteiger partial charge on any atom is 0.265 e. The molecule has 2 amide bonds. The lowest BCUT2D eigenvalue weighted by Gasteiger charge is -2.29. The van der Waals surface area contributed by atoms with Crippen LogP contribution in [0.25, 0.3) is 0 Å². The van der Waals surface area contributed by atoms with Crippen LogP contribution in [0.5, 0.6) is 5.75 Å². The molecule has 1 aliphatic heterocycles. The number of hydrogen-bond acceptors (Lipinski definition) is 5. The SMILES string of the molecule is CC(=O)c1ccc2c(c1)N(CC(=O)NCc1ccco1)C(=O)CO2. The van der Waals surface area contributed by atoms with Crippen LogP contribution in [0.3, 0.4) is 0 Å². The van der Waals surface area contributed by atoms with Gasteiger partial charge in [0.05, 0.1) is 18.5 Å². The van der Waals surface area contributed by atoms with Gasteiger partial charge in [0.2, 0.25) is 5.91 Å². The number of hydrogen-bond donors (Lipinski definition) is 1. The zero-order valence-corrected chi connectivity index (χ0v) is 13.1. The fraction of sp³-hybridized carbons (Fsp3) is 0.235. The van der Waals surface area contributed by atoms with Gasteiger partial charge < -0.3 is 14.5 Å². The summed E-state index contributed by atoms with van der Waals surface area (Å²) in [4.78, 5) is 37.1. The molecule has 0 spiro atoms. The van der Waals surface area contributed by atoms with E-state index in [1.165, 1.54) is 18.1 Å². The van der Waals surface area contributed by atoms with E-state index in [0.717, 1.165) is 0 Å². The van der Waals surface area contributed by atoms with Gasteiger partial charge in [-0.2, -0.15) is 0 Å². The Morgan fingerprint density at radius 3 is 2.83 bits per heavy atom. The van der Waals surface area contributed by atoms with Crippen molar-refractivity contribution in [3.63, 3.8) is 0 Å². The highest BCUT2D eigenvalue weighted by atomic mass is 16.5. The first-order valence-electron chi connectivity index (χ1n) is 7.42. The van der Waals surface area contributed by atoms with Crippen LogP contribution in [0, 0.1) is 0 Å². The number of nitrogens with one attached hydrogen (secondary N) is 1. The predicted octanol–water partition coefficient (Wildman–Crippen LogP) is 1.52. The second-order valence-electron chi connectivity index (χ2n) is 5.36. The van der Waals surface area contributed by atoms with Gasteiger partial charge in [0.15, 0.2) is 12.4 Å². The third-order valence-electron chi connectivity index (χ3n) is 3.65. The third-order valence-corrected chi connectivity index (χ3v) is 3.65. The molecular formula is C17H16N2O5. The molecule has 0 bridgehead atoms. The van der Waals surface area contributed by atoms with Gasteiger partial charge in [0.25, 0.3) is 5.91 Å². The minimum Gasteiger partial charge on any atom is -0.482 e. The number of fused-ring (bicyclic) bond motifs is 1. The Balaban J connectivity index is 1.75. The molecule has 7 heteroatoms. The molecule has 0 saturated heterocycles. The van der Waals surface area contributed by atoms with Crippen molar-refractivity contribution in [1.82, 2.24) is 5.32 Å². The molecule has 1 aromatic heterocycles. The number of benzene rings is 1. The number of carbonyl (C=O) groups excluding carboxylic acids is 3. The largest absolute Gasteiger partial charge is 0.482 e. The predicted molar refractivity (Wildman–Crippen MR) is 84.8 cm³/mol. The summed E-state index contributed by atoms with van der Waals surface area (Å²) in [6.07, 6.45) is 1.52. The van der Waals surface area contributed by atoms with Crippen LogP contribution >= 0.6 is 0 Å². The zero-order valence-electron chi connectivity index (χ0n) is 13.1. The lowest BCUT2D eigenvalue weighted by Crippen LogP contribution is -2.45. The number of ketones is 1.